The van der Waals surface area contributed by atoms with Gasteiger partial charge in [-0.15, -0.1) is 0 Å². The van der Waals surface area contributed by atoms with Gasteiger partial charge in [-0.25, -0.2) is 0 Å². The Bertz CT molecular complexity index is 1580. The van der Waals surface area contributed by atoms with E-state index in [9.17, 15) is 29.4 Å². The minimum absolute atomic E-state index is 0.0544. The number of benzene rings is 3. The van der Waals surface area contributed by atoms with E-state index >= 15 is 0 Å². The van der Waals surface area contributed by atoms with E-state index in [0.29, 0.717) is 25.7 Å². The molecular weight excluding hydrogens is 668 g/mol. The first-order chi connectivity index (χ1) is 25.4. The van der Waals surface area contributed by atoms with Crippen molar-refractivity contribution in [3.05, 3.63) is 83.9 Å². The van der Waals surface area contributed by atoms with Gasteiger partial charge < -0.3 is 31.5 Å². The fraction of sp³-hybridized carbons (Fsp3) is 0.535. The van der Waals surface area contributed by atoms with E-state index in [1.54, 1.807) is 0 Å². The molecule has 6 atom stereocenters. The van der Waals surface area contributed by atoms with Crippen molar-refractivity contribution >= 4 is 34.4 Å². The number of aryl methyl sites for hydroxylation is 1. The van der Waals surface area contributed by atoms with Crippen molar-refractivity contribution in [3.8, 4) is 0 Å². The van der Waals surface area contributed by atoms with Gasteiger partial charge in [0.15, 0.2) is 0 Å². The van der Waals surface area contributed by atoms with Crippen LogP contribution in [0.4, 0.5) is 0 Å². The third-order valence-corrected chi connectivity index (χ3v) is 9.93. The van der Waals surface area contributed by atoms with Gasteiger partial charge in [0.25, 0.3) is 0 Å². The second-order valence-corrected chi connectivity index (χ2v) is 14.8. The molecule has 4 amide bonds. The largest absolute Gasteiger partial charge is 0.394 e. The van der Waals surface area contributed by atoms with E-state index in [2.05, 4.69) is 21.3 Å². The van der Waals surface area contributed by atoms with E-state index in [1.165, 1.54) is 0 Å². The van der Waals surface area contributed by atoms with E-state index < -0.39 is 48.0 Å². The molecule has 0 saturated carbocycles. The first-order valence-corrected chi connectivity index (χ1v) is 19.4. The van der Waals surface area contributed by atoms with Crippen molar-refractivity contribution in [3.63, 3.8) is 0 Å². The molecule has 3 aromatic rings. The van der Waals surface area contributed by atoms with Gasteiger partial charge in [0.1, 0.15) is 12.1 Å². The number of rotatable bonds is 23. The highest BCUT2D eigenvalue weighted by molar-refractivity contribution is 5.93. The average Bonchev–Trinajstić information content (AvgIpc) is 3.14. The number of fused-ring (bicyclic) bond motifs is 1. The Hall–Kier alpha value is -4.28. The molecule has 0 radical (unpaired) electrons. The van der Waals surface area contributed by atoms with Crippen LogP contribution in [0.1, 0.15) is 97.1 Å². The van der Waals surface area contributed by atoms with Crippen molar-refractivity contribution in [2.75, 3.05) is 6.61 Å². The van der Waals surface area contributed by atoms with Gasteiger partial charge in [-0.3, -0.25) is 19.2 Å². The maximum atomic E-state index is 14.1. The molecule has 3 unspecified atom stereocenters. The monoisotopic (exact) mass is 730 g/mol. The third-order valence-electron chi connectivity index (χ3n) is 9.93. The predicted molar refractivity (Wildman–Crippen MR) is 211 cm³/mol. The number of aliphatic hydroxyl groups is 2. The van der Waals surface area contributed by atoms with Crippen molar-refractivity contribution in [1.82, 2.24) is 21.3 Å². The zero-order valence-electron chi connectivity index (χ0n) is 32.3. The summed E-state index contributed by atoms with van der Waals surface area (Å²) in [6.07, 6.45) is 3.38. The van der Waals surface area contributed by atoms with Crippen LogP contribution in [0.25, 0.3) is 10.8 Å². The maximum Gasteiger partial charge on any atom is 0.243 e. The summed E-state index contributed by atoms with van der Waals surface area (Å²) in [5, 5.41) is 34.7. The molecule has 0 aliphatic carbocycles. The van der Waals surface area contributed by atoms with Crippen molar-refractivity contribution in [2.24, 2.45) is 11.8 Å². The smallest absolute Gasteiger partial charge is 0.243 e. The second kappa shape index (κ2) is 22.7. The topological polar surface area (TPSA) is 157 Å². The Morgan fingerprint density at radius 1 is 0.717 bits per heavy atom. The molecule has 290 valence electrons. The summed E-state index contributed by atoms with van der Waals surface area (Å²) < 4.78 is 0. The lowest BCUT2D eigenvalue weighted by molar-refractivity contribution is -0.133. The van der Waals surface area contributed by atoms with Crippen LogP contribution >= 0.6 is 0 Å². The van der Waals surface area contributed by atoms with E-state index in [4.69, 9.17) is 0 Å². The van der Waals surface area contributed by atoms with Gasteiger partial charge in [0.05, 0.1) is 31.2 Å². The van der Waals surface area contributed by atoms with Gasteiger partial charge in [0.2, 0.25) is 23.6 Å². The molecule has 0 spiro atoms. The molecule has 0 saturated heterocycles. The molecule has 0 aliphatic rings. The lowest BCUT2D eigenvalue weighted by Crippen LogP contribution is -2.57. The summed E-state index contributed by atoms with van der Waals surface area (Å²) in [5.74, 6) is -1.43. The van der Waals surface area contributed by atoms with Crippen molar-refractivity contribution in [2.45, 2.75) is 129 Å². The number of carbonyl (C=O) groups is 4. The normalized spacial score (nSPS) is 14.8. The quantitative estimate of drug-likeness (QED) is 0.0771. The van der Waals surface area contributed by atoms with Crippen LogP contribution < -0.4 is 21.3 Å². The Morgan fingerprint density at radius 2 is 1.40 bits per heavy atom. The number of carbonyl (C=O) groups excluding carboxylic acids is 4. The summed E-state index contributed by atoms with van der Waals surface area (Å²) >= 11 is 0. The fourth-order valence-corrected chi connectivity index (χ4v) is 6.57. The molecule has 0 fully saturated rings. The average molecular weight is 731 g/mol. The molecule has 0 bridgehead atoms. The highest BCUT2D eigenvalue weighted by atomic mass is 16.3. The third kappa shape index (κ3) is 14.6. The zero-order chi connectivity index (χ0) is 38.8. The van der Waals surface area contributed by atoms with Crippen LogP contribution in [0.2, 0.25) is 0 Å². The number of hydrogen-bond donors (Lipinski definition) is 6. The van der Waals surface area contributed by atoms with Gasteiger partial charge in [-0.1, -0.05) is 127 Å². The number of unbranched alkanes of at least 4 members (excludes halogenated alkanes) is 1. The number of hydrogen-bond acceptors (Lipinski definition) is 6. The standard InChI is InChI=1S/C43H62N4O6/c1-6-8-23-35(42(52)47-36(25-29(3)4)39(49)27-41(51)45-38(28-48)30(5)7-2)46-43(53)37(26-33-21-15-20-32-19-12-13-22-34(32)33)44-40(50)24-14-18-31-16-10-9-11-17-31/h9-13,15-17,19-22,29-30,35-39,48-49H,6-8,14,18,23-28H2,1-5H3,(H,44,50)(H,45,51)(H,46,53)(H,47,52)/t30?,35-,36?,37-,38+,39?/m0/s1. The molecule has 0 aromatic heterocycles. The molecule has 0 heterocycles. The van der Waals surface area contributed by atoms with Crippen LogP contribution in [0.15, 0.2) is 72.8 Å². The Kier molecular flexibility index (Phi) is 18.5. The summed E-state index contributed by atoms with van der Waals surface area (Å²) in [4.78, 5) is 54.2. The van der Waals surface area contributed by atoms with Gasteiger partial charge >= 0.3 is 0 Å². The zero-order valence-corrected chi connectivity index (χ0v) is 32.3. The Balaban J connectivity index is 1.78. The van der Waals surface area contributed by atoms with Crippen LogP contribution in [-0.2, 0) is 32.0 Å². The Labute approximate surface area is 315 Å². The molecular formula is C43H62N4O6. The van der Waals surface area contributed by atoms with Crippen LogP contribution in [0.3, 0.4) is 0 Å². The van der Waals surface area contributed by atoms with E-state index in [1.807, 2.05) is 107 Å². The van der Waals surface area contributed by atoms with Crippen molar-refractivity contribution < 1.29 is 29.4 Å². The molecule has 10 nitrogen and oxygen atoms in total. The molecule has 0 aliphatic heterocycles. The SMILES string of the molecule is CCCC[C@H](NC(=O)[C@H](Cc1cccc2ccccc12)NC(=O)CCCc1ccccc1)C(=O)NC(CC(C)C)C(O)CC(=O)N[C@H](CO)C(C)CC. The van der Waals surface area contributed by atoms with Crippen molar-refractivity contribution in [1.29, 1.82) is 0 Å². The van der Waals surface area contributed by atoms with Gasteiger partial charge in [-0.05, 0) is 59.4 Å². The number of amides is 4. The van der Waals surface area contributed by atoms with E-state index in [0.717, 1.165) is 41.2 Å². The van der Waals surface area contributed by atoms with Gasteiger partial charge in [-0.2, -0.15) is 0 Å². The molecule has 53 heavy (non-hydrogen) atoms. The first-order valence-electron chi connectivity index (χ1n) is 19.4. The minimum atomic E-state index is -1.19. The van der Waals surface area contributed by atoms with E-state index in [-0.39, 0.29) is 43.6 Å². The number of nitrogens with one attached hydrogen (secondary N) is 4. The van der Waals surface area contributed by atoms with Crippen LogP contribution in [0, 0.1) is 11.8 Å². The van der Waals surface area contributed by atoms with Crippen LogP contribution in [0.5, 0.6) is 0 Å². The fourth-order valence-electron chi connectivity index (χ4n) is 6.57. The summed E-state index contributed by atoms with van der Waals surface area (Å²) in [5.41, 5.74) is 2.04. The van der Waals surface area contributed by atoms with Gasteiger partial charge in [0, 0.05) is 12.8 Å². The summed E-state index contributed by atoms with van der Waals surface area (Å²) in [7, 11) is 0. The highest BCUT2D eigenvalue weighted by Crippen LogP contribution is 2.21. The van der Waals surface area contributed by atoms with Crippen LogP contribution in [-0.4, -0.2) is 70.7 Å². The summed E-state index contributed by atoms with van der Waals surface area (Å²) in [6, 6.07) is 20.7. The molecule has 3 aromatic carbocycles. The summed E-state index contributed by atoms with van der Waals surface area (Å²) in [6.45, 7) is 9.63. The molecule has 6 N–H and O–H groups in total. The first kappa shape index (κ1) is 43.1. The maximum absolute atomic E-state index is 14.1. The highest BCUT2D eigenvalue weighted by Gasteiger charge is 2.31. The molecule has 10 heteroatoms. The number of aliphatic hydroxyl groups excluding tert-OH is 2. The molecule has 3 rings (SSSR count). The lowest BCUT2D eigenvalue weighted by Gasteiger charge is -2.29. The minimum Gasteiger partial charge on any atom is -0.394 e. The lowest BCUT2D eigenvalue weighted by atomic mass is 9.95. The Morgan fingerprint density at radius 3 is 2.08 bits per heavy atom. The predicted octanol–water partition coefficient (Wildman–Crippen LogP) is 5.37. The second-order valence-electron chi connectivity index (χ2n) is 14.8.